The van der Waals surface area contributed by atoms with Crippen molar-refractivity contribution in [1.29, 1.82) is 0 Å². The molecule has 2 heterocycles. The maximum atomic E-state index is 4.34. The van der Waals surface area contributed by atoms with Crippen molar-refractivity contribution in [2.24, 2.45) is 13.0 Å². The second-order valence-electron chi connectivity index (χ2n) is 4.31. The van der Waals surface area contributed by atoms with Gasteiger partial charge in [0.1, 0.15) is 0 Å². The molecule has 1 aromatic rings. The summed E-state index contributed by atoms with van der Waals surface area (Å²) in [5.74, 6) is 0.843. The number of hydrogen-bond acceptors (Lipinski definition) is 3. The molecule has 0 unspecified atom stereocenters. The van der Waals surface area contributed by atoms with Crippen LogP contribution in [0.3, 0.4) is 0 Å². The molecule has 1 aromatic heterocycles. The highest BCUT2D eigenvalue weighted by molar-refractivity contribution is 4.97. The van der Waals surface area contributed by atoms with Crippen LogP contribution in [0.1, 0.15) is 18.5 Å². The highest BCUT2D eigenvalue weighted by Gasteiger charge is 2.11. The van der Waals surface area contributed by atoms with Gasteiger partial charge in [-0.2, -0.15) is 5.10 Å². The second-order valence-corrected chi connectivity index (χ2v) is 4.31. The van der Waals surface area contributed by atoms with Crippen LogP contribution in [0.4, 0.5) is 0 Å². The minimum atomic E-state index is 0.843. The lowest BCUT2D eigenvalue weighted by molar-refractivity contribution is 0.355. The van der Waals surface area contributed by atoms with Crippen molar-refractivity contribution in [1.82, 2.24) is 20.4 Å². The zero-order valence-electron chi connectivity index (χ0n) is 9.37. The predicted octanol–water partition coefficient (Wildman–Crippen LogP) is 0.509. The summed E-state index contributed by atoms with van der Waals surface area (Å²) in [7, 11) is 1.95. The number of nitrogens with one attached hydrogen (secondary N) is 2. The van der Waals surface area contributed by atoms with Gasteiger partial charge in [-0.25, -0.2) is 0 Å². The lowest BCUT2D eigenvalue weighted by Gasteiger charge is -2.22. The molecule has 0 spiro atoms. The Kier molecular flexibility index (Phi) is 3.75. The summed E-state index contributed by atoms with van der Waals surface area (Å²) in [6, 6.07) is 2.06. The number of aromatic nitrogens is 2. The molecule has 1 aliphatic heterocycles. The summed E-state index contributed by atoms with van der Waals surface area (Å²) >= 11 is 0. The van der Waals surface area contributed by atoms with Crippen molar-refractivity contribution in [2.45, 2.75) is 19.4 Å². The molecule has 0 amide bonds. The van der Waals surface area contributed by atoms with Crippen molar-refractivity contribution < 1.29 is 0 Å². The number of hydrogen-bond donors (Lipinski definition) is 2. The van der Waals surface area contributed by atoms with Crippen molar-refractivity contribution >= 4 is 0 Å². The Hall–Kier alpha value is -0.870. The molecule has 15 heavy (non-hydrogen) atoms. The summed E-state index contributed by atoms with van der Waals surface area (Å²) in [5, 5.41) is 11.2. The van der Waals surface area contributed by atoms with Crippen LogP contribution in [0.2, 0.25) is 0 Å². The summed E-state index contributed by atoms with van der Waals surface area (Å²) in [5.41, 5.74) is 1.13. The van der Waals surface area contributed by atoms with Gasteiger partial charge in [-0.1, -0.05) is 0 Å². The quantitative estimate of drug-likeness (QED) is 0.757. The Labute approximate surface area is 91.1 Å². The third-order valence-electron chi connectivity index (χ3n) is 2.97. The highest BCUT2D eigenvalue weighted by atomic mass is 15.3. The molecule has 1 saturated heterocycles. The van der Waals surface area contributed by atoms with Gasteiger partial charge in [-0.05, 0) is 44.5 Å². The Bertz CT molecular complexity index is 289. The van der Waals surface area contributed by atoms with E-state index in [9.17, 15) is 0 Å². The maximum absolute atomic E-state index is 4.34. The normalized spacial score (nSPS) is 18.2. The van der Waals surface area contributed by atoms with Crippen molar-refractivity contribution in [2.75, 3.05) is 19.6 Å². The van der Waals surface area contributed by atoms with E-state index in [1.165, 1.54) is 25.9 Å². The van der Waals surface area contributed by atoms with Crippen molar-refractivity contribution in [3.05, 3.63) is 18.0 Å². The van der Waals surface area contributed by atoms with Gasteiger partial charge in [0.25, 0.3) is 0 Å². The van der Waals surface area contributed by atoms with E-state index in [0.29, 0.717) is 0 Å². The average Bonchev–Trinajstić information content (AvgIpc) is 2.66. The number of aryl methyl sites for hydroxylation is 1. The van der Waals surface area contributed by atoms with Crippen LogP contribution in [0.5, 0.6) is 0 Å². The first-order chi connectivity index (χ1) is 7.34. The smallest absolute Gasteiger partial charge is 0.0762 e. The lowest BCUT2D eigenvalue weighted by Crippen LogP contribution is -2.33. The second kappa shape index (κ2) is 5.28. The van der Waals surface area contributed by atoms with Gasteiger partial charge in [0.2, 0.25) is 0 Å². The molecule has 0 aromatic carbocycles. The molecule has 84 valence electrons. The van der Waals surface area contributed by atoms with Gasteiger partial charge < -0.3 is 10.6 Å². The molecule has 2 N–H and O–H groups in total. The molecule has 0 saturated carbocycles. The van der Waals surface area contributed by atoms with E-state index < -0.39 is 0 Å². The molecule has 2 rings (SSSR count). The van der Waals surface area contributed by atoms with Crippen molar-refractivity contribution in [3.8, 4) is 0 Å². The summed E-state index contributed by atoms with van der Waals surface area (Å²) in [4.78, 5) is 0. The summed E-state index contributed by atoms with van der Waals surface area (Å²) in [6.45, 7) is 4.37. The van der Waals surface area contributed by atoms with E-state index in [2.05, 4.69) is 21.8 Å². The average molecular weight is 208 g/mol. The van der Waals surface area contributed by atoms with E-state index >= 15 is 0 Å². The van der Waals surface area contributed by atoms with Crippen LogP contribution in [0.15, 0.2) is 12.3 Å². The highest BCUT2D eigenvalue weighted by Crippen LogP contribution is 2.09. The lowest BCUT2D eigenvalue weighted by atomic mass is 9.98. The molecule has 0 aliphatic carbocycles. The van der Waals surface area contributed by atoms with Gasteiger partial charge in [0, 0.05) is 19.8 Å². The van der Waals surface area contributed by atoms with E-state index in [4.69, 9.17) is 0 Å². The van der Waals surface area contributed by atoms with Gasteiger partial charge in [-0.15, -0.1) is 0 Å². The Morgan fingerprint density at radius 2 is 2.33 bits per heavy atom. The SMILES string of the molecule is Cn1ccc(CNCC2CCNCC2)n1. The fourth-order valence-corrected chi connectivity index (χ4v) is 2.05. The topological polar surface area (TPSA) is 41.9 Å². The van der Waals surface area contributed by atoms with Crippen LogP contribution in [-0.2, 0) is 13.6 Å². The maximum Gasteiger partial charge on any atom is 0.0762 e. The minimum absolute atomic E-state index is 0.843. The monoisotopic (exact) mass is 208 g/mol. The first kappa shape index (κ1) is 10.6. The van der Waals surface area contributed by atoms with Gasteiger partial charge in [-0.3, -0.25) is 4.68 Å². The molecule has 1 fully saturated rings. The third-order valence-corrected chi connectivity index (χ3v) is 2.97. The Morgan fingerprint density at radius 1 is 1.53 bits per heavy atom. The first-order valence-corrected chi connectivity index (χ1v) is 5.74. The zero-order chi connectivity index (χ0) is 10.5. The summed E-state index contributed by atoms with van der Waals surface area (Å²) in [6.07, 6.45) is 4.59. The Balaban J connectivity index is 1.65. The number of rotatable bonds is 4. The predicted molar refractivity (Wildman–Crippen MR) is 60.5 cm³/mol. The standard InChI is InChI=1S/C11H20N4/c1-15-7-4-11(14-15)9-13-8-10-2-5-12-6-3-10/h4,7,10,12-13H,2-3,5-6,8-9H2,1H3. The zero-order valence-corrected chi connectivity index (χ0v) is 9.37. The van der Waals surface area contributed by atoms with Crippen LogP contribution >= 0.6 is 0 Å². The van der Waals surface area contributed by atoms with Gasteiger partial charge >= 0.3 is 0 Å². The van der Waals surface area contributed by atoms with Crippen molar-refractivity contribution in [3.63, 3.8) is 0 Å². The molecule has 0 atom stereocenters. The summed E-state index contributed by atoms with van der Waals surface area (Å²) < 4.78 is 1.85. The molecule has 4 nitrogen and oxygen atoms in total. The van der Waals surface area contributed by atoms with Crippen LogP contribution < -0.4 is 10.6 Å². The first-order valence-electron chi connectivity index (χ1n) is 5.74. The molecule has 0 bridgehead atoms. The molecular formula is C11H20N4. The molecule has 0 radical (unpaired) electrons. The van der Waals surface area contributed by atoms with Crippen LogP contribution in [0, 0.1) is 5.92 Å². The third kappa shape index (κ3) is 3.32. The van der Waals surface area contributed by atoms with E-state index in [-0.39, 0.29) is 0 Å². The Morgan fingerprint density at radius 3 is 3.00 bits per heavy atom. The fraction of sp³-hybridized carbons (Fsp3) is 0.727. The van der Waals surface area contributed by atoms with E-state index in [1.807, 2.05) is 17.9 Å². The van der Waals surface area contributed by atoms with Crippen LogP contribution in [-0.4, -0.2) is 29.4 Å². The van der Waals surface area contributed by atoms with Crippen LogP contribution in [0.25, 0.3) is 0 Å². The molecule has 1 aliphatic rings. The molecular weight excluding hydrogens is 188 g/mol. The number of nitrogens with zero attached hydrogens (tertiary/aromatic N) is 2. The number of piperidine rings is 1. The largest absolute Gasteiger partial charge is 0.317 e. The van der Waals surface area contributed by atoms with E-state index in [0.717, 1.165) is 24.7 Å². The fourth-order valence-electron chi connectivity index (χ4n) is 2.05. The molecule has 4 heteroatoms. The minimum Gasteiger partial charge on any atom is -0.317 e. The van der Waals surface area contributed by atoms with E-state index in [1.54, 1.807) is 0 Å². The van der Waals surface area contributed by atoms with Gasteiger partial charge in [0.05, 0.1) is 5.69 Å². The van der Waals surface area contributed by atoms with Gasteiger partial charge in [0.15, 0.2) is 0 Å².